The summed E-state index contributed by atoms with van der Waals surface area (Å²) in [6, 6.07) is 32.2. The van der Waals surface area contributed by atoms with Crippen molar-refractivity contribution in [2.75, 3.05) is 0 Å². The molecular formula is C25H26S. The van der Waals surface area contributed by atoms with E-state index in [4.69, 9.17) is 0 Å². The van der Waals surface area contributed by atoms with Crippen molar-refractivity contribution in [2.45, 2.75) is 35.8 Å². The van der Waals surface area contributed by atoms with Crippen molar-refractivity contribution in [1.29, 1.82) is 0 Å². The van der Waals surface area contributed by atoms with Crippen LogP contribution in [-0.2, 0) is 6.42 Å². The second kappa shape index (κ2) is 10.0. The molecule has 3 aromatic carbocycles. The Labute approximate surface area is 162 Å². The summed E-state index contributed by atoms with van der Waals surface area (Å²) in [5.74, 6) is 0. The Bertz CT molecular complexity index is 778. The van der Waals surface area contributed by atoms with Gasteiger partial charge < -0.3 is 0 Å². The summed E-state index contributed by atoms with van der Waals surface area (Å²) in [5, 5.41) is 0.315. The molecule has 0 radical (unpaired) electrons. The standard InChI is InChI=1S/C25H26S/c1-21(13-11-12-16-22-14-5-2-6-15-22)25(23-17-7-3-8-18-23)26-24-19-9-4-10-20-24/h2-10,14-15,17-20,25H,1,11-13,16H2. The molecular weight excluding hydrogens is 332 g/mol. The molecule has 0 fully saturated rings. The van der Waals surface area contributed by atoms with Gasteiger partial charge in [0.25, 0.3) is 0 Å². The molecule has 0 aliphatic heterocycles. The van der Waals surface area contributed by atoms with Crippen LogP contribution in [0.25, 0.3) is 0 Å². The first-order chi connectivity index (χ1) is 12.8. The Balaban J connectivity index is 1.59. The van der Waals surface area contributed by atoms with E-state index in [2.05, 4.69) is 97.6 Å². The molecule has 0 saturated heterocycles. The number of aryl methyl sites for hydroxylation is 1. The van der Waals surface area contributed by atoms with Gasteiger partial charge in [-0.05, 0) is 48.9 Å². The van der Waals surface area contributed by atoms with Crippen molar-refractivity contribution in [3.05, 3.63) is 114 Å². The summed E-state index contributed by atoms with van der Waals surface area (Å²) >= 11 is 1.90. The van der Waals surface area contributed by atoms with Crippen LogP contribution in [0.2, 0.25) is 0 Å². The molecule has 0 nitrogen and oxygen atoms in total. The van der Waals surface area contributed by atoms with Gasteiger partial charge in [0, 0.05) is 4.90 Å². The van der Waals surface area contributed by atoms with Crippen molar-refractivity contribution in [1.82, 2.24) is 0 Å². The molecule has 3 rings (SSSR count). The number of rotatable bonds is 9. The summed E-state index contributed by atoms with van der Waals surface area (Å²) in [4.78, 5) is 1.30. The zero-order chi connectivity index (χ0) is 18.0. The van der Waals surface area contributed by atoms with Gasteiger partial charge in [-0.2, -0.15) is 0 Å². The van der Waals surface area contributed by atoms with Gasteiger partial charge in [-0.15, -0.1) is 11.8 Å². The van der Waals surface area contributed by atoms with Gasteiger partial charge in [0.1, 0.15) is 0 Å². The first-order valence-corrected chi connectivity index (χ1v) is 10.2. The average Bonchev–Trinajstić information content (AvgIpc) is 2.71. The minimum absolute atomic E-state index is 0.315. The molecule has 0 N–H and O–H groups in total. The number of hydrogen-bond acceptors (Lipinski definition) is 1. The Kier molecular flexibility index (Phi) is 7.15. The van der Waals surface area contributed by atoms with E-state index in [9.17, 15) is 0 Å². The second-order valence-corrected chi connectivity index (χ2v) is 7.75. The number of unbranched alkanes of at least 4 members (excludes halogenated alkanes) is 1. The van der Waals surface area contributed by atoms with Crippen LogP contribution in [0.4, 0.5) is 0 Å². The van der Waals surface area contributed by atoms with Gasteiger partial charge in [0.15, 0.2) is 0 Å². The monoisotopic (exact) mass is 358 g/mol. The van der Waals surface area contributed by atoms with Crippen molar-refractivity contribution >= 4 is 11.8 Å². The summed E-state index contributed by atoms with van der Waals surface area (Å²) in [6.07, 6.45) is 4.62. The van der Waals surface area contributed by atoms with Gasteiger partial charge in [0.2, 0.25) is 0 Å². The van der Waals surface area contributed by atoms with Crippen LogP contribution in [-0.4, -0.2) is 0 Å². The van der Waals surface area contributed by atoms with E-state index in [1.54, 1.807) is 0 Å². The van der Waals surface area contributed by atoms with Gasteiger partial charge in [-0.3, -0.25) is 0 Å². The fourth-order valence-corrected chi connectivity index (χ4v) is 4.27. The lowest BCUT2D eigenvalue weighted by Gasteiger charge is -2.20. The third-order valence-corrected chi connectivity index (χ3v) is 5.91. The Hall–Kier alpha value is -2.25. The van der Waals surface area contributed by atoms with Crippen LogP contribution >= 0.6 is 11.8 Å². The van der Waals surface area contributed by atoms with E-state index in [-0.39, 0.29) is 0 Å². The molecule has 1 unspecified atom stereocenters. The van der Waals surface area contributed by atoms with Crippen molar-refractivity contribution in [2.24, 2.45) is 0 Å². The van der Waals surface area contributed by atoms with E-state index < -0.39 is 0 Å². The Morgan fingerprint density at radius 1 is 0.731 bits per heavy atom. The quantitative estimate of drug-likeness (QED) is 0.217. The highest BCUT2D eigenvalue weighted by molar-refractivity contribution is 7.99. The topological polar surface area (TPSA) is 0 Å². The Morgan fingerprint density at radius 3 is 1.96 bits per heavy atom. The zero-order valence-corrected chi connectivity index (χ0v) is 16.0. The summed E-state index contributed by atoms with van der Waals surface area (Å²) < 4.78 is 0. The normalized spacial score (nSPS) is 11.8. The number of hydrogen-bond donors (Lipinski definition) is 0. The van der Waals surface area contributed by atoms with Gasteiger partial charge >= 0.3 is 0 Å². The molecule has 1 atom stereocenters. The van der Waals surface area contributed by atoms with E-state index in [1.807, 2.05) is 11.8 Å². The average molecular weight is 359 g/mol. The molecule has 0 amide bonds. The van der Waals surface area contributed by atoms with Crippen LogP contribution in [0, 0.1) is 0 Å². The molecule has 3 aromatic rings. The van der Waals surface area contributed by atoms with E-state index in [0.29, 0.717) is 5.25 Å². The molecule has 132 valence electrons. The maximum Gasteiger partial charge on any atom is 0.0551 e. The maximum absolute atomic E-state index is 4.45. The van der Waals surface area contributed by atoms with Gasteiger partial charge in [0.05, 0.1) is 5.25 Å². The predicted octanol–water partition coefficient (Wildman–Crippen LogP) is 7.49. The SMILES string of the molecule is C=C(CCCCc1ccccc1)C(Sc1ccccc1)c1ccccc1. The molecule has 0 aliphatic rings. The fourth-order valence-electron chi connectivity index (χ4n) is 3.11. The minimum Gasteiger partial charge on any atom is -0.113 e. The molecule has 1 heteroatoms. The lowest BCUT2D eigenvalue weighted by atomic mass is 9.99. The van der Waals surface area contributed by atoms with E-state index >= 15 is 0 Å². The molecule has 0 saturated carbocycles. The molecule has 0 heterocycles. The van der Waals surface area contributed by atoms with Crippen LogP contribution in [0.15, 0.2) is 108 Å². The predicted molar refractivity (Wildman–Crippen MR) is 115 cm³/mol. The molecule has 0 aliphatic carbocycles. The molecule has 0 spiro atoms. The maximum atomic E-state index is 4.45. The summed E-state index contributed by atoms with van der Waals surface area (Å²) in [6.45, 7) is 4.45. The van der Waals surface area contributed by atoms with Crippen LogP contribution in [0.5, 0.6) is 0 Å². The second-order valence-electron chi connectivity index (χ2n) is 6.57. The first kappa shape index (κ1) is 18.5. The largest absolute Gasteiger partial charge is 0.113 e. The van der Waals surface area contributed by atoms with Crippen LogP contribution in [0.3, 0.4) is 0 Å². The van der Waals surface area contributed by atoms with Crippen molar-refractivity contribution < 1.29 is 0 Å². The summed E-state index contributed by atoms with van der Waals surface area (Å²) in [7, 11) is 0. The molecule has 0 bridgehead atoms. The first-order valence-electron chi connectivity index (χ1n) is 9.31. The van der Waals surface area contributed by atoms with Gasteiger partial charge in [-0.1, -0.05) is 91.0 Å². The zero-order valence-electron chi connectivity index (χ0n) is 15.2. The lowest BCUT2D eigenvalue weighted by Crippen LogP contribution is -1.99. The summed E-state index contributed by atoms with van der Waals surface area (Å²) in [5.41, 5.74) is 4.09. The highest BCUT2D eigenvalue weighted by Gasteiger charge is 2.16. The van der Waals surface area contributed by atoms with Crippen LogP contribution in [0.1, 0.15) is 35.6 Å². The van der Waals surface area contributed by atoms with Crippen LogP contribution < -0.4 is 0 Å². The van der Waals surface area contributed by atoms with Gasteiger partial charge in [-0.25, -0.2) is 0 Å². The number of thioether (sulfide) groups is 1. The van der Waals surface area contributed by atoms with E-state index in [0.717, 1.165) is 12.8 Å². The molecule has 26 heavy (non-hydrogen) atoms. The lowest BCUT2D eigenvalue weighted by molar-refractivity contribution is 0.719. The van der Waals surface area contributed by atoms with Crippen molar-refractivity contribution in [3.63, 3.8) is 0 Å². The third kappa shape index (κ3) is 5.64. The highest BCUT2D eigenvalue weighted by Crippen LogP contribution is 2.41. The number of benzene rings is 3. The molecule has 0 aromatic heterocycles. The van der Waals surface area contributed by atoms with E-state index in [1.165, 1.54) is 34.4 Å². The minimum atomic E-state index is 0.315. The van der Waals surface area contributed by atoms with Crippen molar-refractivity contribution in [3.8, 4) is 0 Å². The highest BCUT2D eigenvalue weighted by atomic mass is 32.2. The Morgan fingerprint density at radius 2 is 1.31 bits per heavy atom. The smallest absolute Gasteiger partial charge is 0.0551 e. The third-order valence-electron chi connectivity index (χ3n) is 4.53. The fraction of sp³-hybridized carbons (Fsp3) is 0.200.